The Kier molecular flexibility index (Phi) is 2.81. The Morgan fingerprint density at radius 3 is 2.09 bits per heavy atom. The van der Waals surface area contributed by atoms with E-state index in [1.165, 1.54) is 4.57 Å². The summed E-state index contributed by atoms with van der Waals surface area (Å²) in [5.74, 6) is 0. The zero-order valence-electron chi connectivity index (χ0n) is 25.5. The summed E-state index contributed by atoms with van der Waals surface area (Å²) in [6.07, 6.45) is 0. The molecular weight excluding hydrogens is 440 g/mol. The van der Waals surface area contributed by atoms with Crippen LogP contribution in [0.15, 0.2) is 113 Å². The molecular formula is C30H19ClN2O. The predicted octanol–water partition coefficient (Wildman–Crippen LogP) is 9.08. The van der Waals surface area contributed by atoms with Crippen LogP contribution in [0.3, 0.4) is 0 Å². The molecule has 7 rings (SSSR count). The molecule has 0 aliphatic carbocycles. The Labute approximate surface area is 212 Å². The minimum Gasteiger partial charge on any atom is -0.452 e. The molecule has 0 spiro atoms. The third kappa shape index (κ3) is 2.84. The van der Waals surface area contributed by atoms with Crippen LogP contribution >= 0.6 is 11.6 Å². The van der Waals surface area contributed by atoms with Crippen molar-refractivity contribution in [3.8, 4) is 5.69 Å². The van der Waals surface area contributed by atoms with Gasteiger partial charge in [0.15, 0.2) is 11.2 Å². The molecule has 2 aromatic heterocycles. The van der Waals surface area contributed by atoms with Crippen molar-refractivity contribution >= 4 is 66.7 Å². The van der Waals surface area contributed by atoms with Crippen molar-refractivity contribution in [2.24, 2.45) is 0 Å². The lowest BCUT2D eigenvalue weighted by atomic mass is 10.1. The first-order valence-electron chi connectivity index (χ1n) is 14.6. The third-order valence-electron chi connectivity index (χ3n) is 5.88. The zero-order chi connectivity index (χ0) is 29.6. The molecule has 0 saturated heterocycles. The lowest BCUT2D eigenvalue weighted by Gasteiger charge is -2.08. The Morgan fingerprint density at radius 1 is 0.706 bits per heavy atom. The first-order chi connectivity index (χ1) is 20.1. The van der Waals surface area contributed by atoms with Crippen molar-refractivity contribution < 1.29 is 15.4 Å². The molecule has 2 heterocycles. The van der Waals surface area contributed by atoms with Crippen LogP contribution in [-0.2, 0) is 0 Å². The summed E-state index contributed by atoms with van der Waals surface area (Å²) in [5, 5.41) is 5.43. The lowest BCUT2D eigenvalue weighted by molar-refractivity contribution is 0.667. The lowest BCUT2D eigenvalue weighted by Crippen LogP contribution is -1.93. The fourth-order valence-corrected chi connectivity index (χ4v) is 4.65. The molecule has 5 aromatic carbocycles. The fourth-order valence-electron chi connectivity index (χ4n) is 4.46. The maximum absolute atomic E-state index is 8.81. The van der Waals surface area contributed by atoms with Crippen molar-refractivity contribution in [1.29, 1.82) is 0 Å². The number of benzene rings is 5. The highest BCUT2D eigenvalue weighted by atomic mass is 35.5. The Hall–Kier alpha value is -4.21. The Bertz CT molecular complexity index is 2220. The van der Waals surface area contributed by atoms with Crippen LogP contribution in [-0.4, -0.2) is 4.57 Å². The molecule has 0 saturated carbocycles. The molecule has 0 fully saturated rings. The molecule has 3 nitrogen and oxygen atoms in total. The molecule has 1 N–H and O–H groups in total. The van der Waals surface area contributed by atoms with Crippen LogP contribution in [0.25, 0.3) is 49.4 Å². The number of nitrogens with one attached hydrogen (secondary N) is 1. The van der Waals surface area contributed by atoms with Crippen LogP contribution < -0.4 is 5.32 Å². The summed E-state index contributed by atoms with van der Waals surface area (Å²) >= 11 is 6.18. The van der Waals surface area contributed by atoms with Crippen molar-refractivity contribution in [3.63, 3.8) is 0 Å². The molecule has 0 atom stereocenters. The molecule has 0 aliphatic heterocycles. The summed E-state index contributed by atoms with van der Waals surface area (Å²) in [6, 6.07) is 14.8. The van der Waals surface area contributed by atoms with Crippen LogP contribution in [0, 0.1) is 0 Å². The molecule has 0 amide bonds. The van der Waals surface area contributed by atoms with Crippen LogP contribution in [0.1, 0.15) is 11.0 Å². The smallest absolute Gasteiger partial charge is 0.159 e. The number of aromatic nitrogens is 1. The summed E-state index contributed by atoms with van der Waals surface area (Å²) < 4.78 is 76.2. The molecule has 34 heavy (non-hydrogen) atoms. The van der Waals surface area contributed by atoms with E-state index in [0.29, 0.717) is 32.9 Å². The minimum atomic E-state index is -0.488. The largest absolute Gasteiger partial charge is 0.452 e. The quantitative estimate of drug-likeness (QED) is 0.281. The van der Waals surface area contributed by atoms with Gasteiger partial charge in [-0.1, -0.05) is 78.2 Å². The van der Waals surface area contributed by atoms with Crippen molar-refractivity contribution in [2.45, 2.75) is 0 Å². The standard InChI is InChI=1S/C30H19ClN2O/c31-19-8-5-9-20(18-19)32-25-14-6-12-23-24-13-7-17-28(30(24)34-29(23)25)33-26-15-3-1-10-21(26)22-11-2-4-16-27(22)33/h1-18,32H/i1D,2D,3D,4D,10D,11D,15D,16D. The normalized spacial score (nSPS) is 15.0. The topological polar surface area (TPSA) is 30.1 Å². The highest BCUT2D eigenvalue weighted by Crippen LogP contribution is 2.40. The van der Waals surface area contributed by atoms with Gasteiger partial charge in [-0.15, -0.1) is 0 Å². The average Bonchev–Trinajstić information content (AvgIpc) is 3.54. The highest BCUT2D eigenvalue weighted by Gasteiger charge is 2.18. The summed E-state index contributed by atoms with van der Waals surface area (Å²) in [5.41, 5.74) is 2.78. The Morgan fingerprint density at radius 2 is 1.35 bits per heavy atom. The van der Waals surface area contributed by atoms with Gasteiger partial charge in [0.25, 0.3) is 0 Å². The van der Waals surface area contributed by atoms with E-state index in [1.54, 1.807) is 24.3 Å². The number of hydrogen-bond acceptors (Lipinski definition) is 2. The van der Waals surface area contributed by atoms with Gasteiger partial charge in [0.05, 0.1) is 33.4 Å². The number of anilines is 2. The van der Waals surface area contributed by atoms with Crippen molar-refractivity contribution in [1.82, 2.24) is 4.57 Å². The van der Waals surface area contributed by atoms with Gasteiger partial charge < -0.3 is 14.3 Å². The van der Waals surface area contributed by atoms with E-state index in [-0.39, 0.29) is 46.0 Å². The number of furan rings is 1. The number of halogens is 1. The third-order valence-corrected chi connectivity index (χ3v) is 6.12. The Balaban J connectivity index is 1.63. The average molecular weight is 467 g/mol. The predicted molar refractivity (Wildman–Crippen MR) is 143 cm³/mol. The van der Waals surface area contributed by atoms with Crippen LogP contribution in [0.2, 0.25) is 5.02 Å². The summed E-state index contributed by atoms with van der Waals surface area (Å²) in [6.45, 7) is 0. The van der Waals surface area contributed by atoms with E-state index in [0.717, 1.165) is 11.1 Å². The number of rotatable bonds is 3. The van der Waals surface area contributed by atoms with Crippen molar-refractivity contribution in [2.75, 3.05) is 5.32 Å². The van der Waals surface area contributed by atoms with E-state index < -0.39 is 24.2 Å². The van der Waals surface area contributed by atoms with Gasteiger partial charge in [-0.3, -0.25) is 0 Å². The molecule has 0 bridgehead atoms. The zero-order valence-corrected chi connectivity index (χ0v) is 18.3. The maximum atomic E-state index is 8.81. The van der Waals surface area contributed by atoms with E-state index in [1.807, 2.05) is 36.4 Å². The number of hydrogen-bond donors (Lipinski definition) is 1. The minimum absolute atomic E-state index is 0.0134. The second-order valence-corrected chi connectivity index (χ2v) is 8.29. The van der Waals surface area contributed by atoms with Crippen molar-refractivity contribution in [3.05, 3.63) is 114 Å². The number of para-hydroxylation sites is 4. The SMILES string of the molecule is [2H]c1c([2H])c([2H])c2c(c1[2H])c1c([2H])c([2H])c([2H])c([2H])c1n2-c1cccc2c1oc1c(Nc3cccc(Cl)c3)cccc12. The van der Waals surface area contributed by atoms with Gasteiger partial charge in [0.2, 0.25) is 0 Å². The first kappa shape index (κ1) is 12.9. The highest BCUT2D eigenvalue weighted by molar-refractivity contribution is 6.30. The van der Waals surface area contributed by atoms with Gasteiger partial charge in [0.1, 0.15) is 0 Å². The second kappa shape index (κ2) is 7.41. The van der Waals surface area contributed by atoms with E-state index in [2.05, 4.69) is 5.32 Å². The summed E-state index contributed by atoms with van der Waals surface area (Å²) in [7, 11) is 0. The van der Waals surface area contributed by atoms with Gasteiger partial charge in [0, 0.05) is 32.3 Å². The fraction of sp³-hybridized carbons (Fsp3) is 0. The van der Waals surface area contributed by atoms with Gasteiger partial charge in [-0.25, -0.2) is 0 Å². The van der Waals surface area contributed by atoms with Crippen LogP contribution in [0.5, 0.6) is 0 Å². The maximum Gasteiger partial charge on any atom is 0.159 e. The number of nitrogens with zero attached hydrogens (tertiary/aromatic N) is 1. The molecule has 0 radical (unpaired) electrons. The summed E-state index contributed by atoms with van der Waals surface area (Å²) in [4.78, 5) is 0. The number of fused-ring (bicyclic) bond motifs is 6. The first-order valence-corrected chi connectivity index (χ1v) is 11.0. The van der Waals surface area contributed by atoms with Gasteiger partial charge >= 0.3 is 0 Å². The molecule has 162 valence electrons. The molecule has 7 aromatic rings. The van der Waals surface area contributed by atoms with E-state index >= 15 is 0 Å². The van der Waals surface area contributed by atoms with Gasteiger partial charge in [-0.05, 0) is 42.4 Å². The molecule has 4 heteroatoms. The molecule has 0 aliphatic rings. The monoisotopic (exact) mass is 466 g/mol. The molecule has 0 unspecified atom stereocenters. The second-order valence-electron chi connectivity index (χ2n) is 7.86. The van der Waals surface area contributed by atoms with E-state index in [9.17, 15) is 0 Å². The van der Waals surface area contributed by atoms with Crippen LogP contribution in [0.4, 0.5) is 11.4 Å². The van der Waals surface area contributed by atoms with E-state index in [4.69, 9.17) is 27.0 Å². The van der Waals surface area contributed by atoms with Gasteiger partial charge in [-0.2, -0.15) is 0 Å².